The molecule has 6 nitrogen and oxygen atoms in total. The molecule has 0 aliphatic carbocycles. The Morgan fingerprint density at radius 3 is 2.81 bits per heavy atom. The Labute approximate surface area is 125 Å². The summed E-state index contributed by atoms with van der Waals surface area (Å²) < 4.78 is 0. The summed E-state index contributed by atoms with van der Waals surface area (Å²) in [5.74, 6) is -0.679. The minimum Gasteiger partial charge on any atom is -0.481 e. The molecule has 0 aliphatic heterocycles. The number of hydrogen-bond acceptors (Lipinski definition) is 3. The monoisotopic (exact) mass is 293 g/mol. The molecule has 1 unspecified atom stereocenters. The summed E-state index contributed by atoms with van der Waals surface area (Å²) in [5, 5.41) is 14.1. The molecule has 0 bridgehead atoms. The Kier molecular flexibility index (Phi) is 7.21. The average molecular weight is 293 g/mol. The lowest BCUT2D eigenvalue weighted by molar-refractivity contribution is -0.137. The molecule has 1 atom stereocenters. The van der Waals surface area contributed by atoms with Gasteiger partial charge in [0.2, 0.25) is 0 Å². The summed E-state index contributed by atoms with van der Waals surface area (Å²) in [4.78, 5) is 26.4. The number of aryl methyl sites for hydroxylation is 1. The molecule has 0 aromatic carbocycles. The molecule has 116 valence electrons. The normalized spacial score (nSPS) is 11.7. The van der Waals surface area contributed by atoms with E-state index in [1.54, 1.807) is 6.20 Å². The summed E-state index contributed by atoms with van der Waals surface area (Å²) in [6, 6.07) is 3.62. The standard InChI is InChI=1S/C15H23N3O3/c1-3-12-5-4-8-16-13(12)10-18-15(21)17-9-11(2)6-7-14(19)20/h4-5,8,11H,3,6-7,9-10H2,1-2H3,(H,19,20)(H2,17,18,21). The van der Waals surface area contributed by atoms with Crippen LogP contribution in [0.5, 0.6) is 0 Å². The van der Waals surface area contributed by atoms with Gasteiger partial charge < -0.3 is 15.7 Å². The van der Waals surface area contributed by atoms with Crippen molar-refractivity contribution in [3.63, 3.8) is 0 Å². The van der Waals surface area contributed by atoms with Crippen LogP contribution < -0.4 is 10.6 Å². The number of amides is 2. The van der Waals surface area contributed by atoms with Gasteiger partial charge in [0.15, 0.2) is 0 Å². The highest BCUT2D eigenvalue weighted by atomic mass is 16.4. The van der Waals surface area contributed by atoms with E-state index in [4.69, 9.17) is 5.11 Å². The molecule has 2 amide bonds. The molecular weight excluding hydrogens is 270 g/mol. The number of carboxylic acid groups (broad SMARTS) is 1. The van der Waals surface area contributed by atoms with Crippen molar-refractivity contribution in [3.8, 4) is 0 Å². The summed E-state index contributed by atoms with van der Waals surface area (Å²) in [6.45, 7) is 4.81. The highest BCUT2D eigenvalue weighted by Gasteiger charge is 2.08. The van der Waals surface area contributed by atoms with Crippen LogP contribution in [0.3, 0.4) is 0 Å². The molecule has 0 radical (unpaired) electrons. The first kappa shape index (κ1) is 16.9. The van der Waals surface area contributed by atoms with Crippen LogP contribution >= 0.6 is 0 Å². The van der Waals surface area contributed by atoms with Gasteiger partial charge in [-0.25, -0.2) is 4.79 Å². The van der Waals surface area contributed by atoms with Crippen LogP contribution in [-0.2, 0) is 17.8 Å². The lowest BCUT2D eigenvalue weighted by Crippen LogP contribution is -2.37. The Morgan fingerprint density at radius 2 is 2.14 bits per heavy atom. The lowest BCUT2D eigenvalue weighted by Gasteiger charge is -2.13. The molecule has 0 saturated heterocycles. The largest absolute Gasteiger partial charge is 0.481 e. The maximum Gasteiger partial charge on any atom is 0.315 e. The predicted molar refractivity (Wildman–Crippen MR) is 79.9 cm³/mol. The first-order valence-corrected chi connectivity index (χ1v) is 7.19. The number of nitrogens with zero attached hydrogens (tertiary/aromatic N) is 1. The van der Waals surface area contributed by atoms with E-state index >= 15 is 0 Å². The van der Waals surface area contributed by atoms with Gasteiger partial charge in [-0.05, 0) is 30.4 Å². The molecule has 21 heavy (non-hydrogen) atoms. The maximum atomic E-state index is 11.7. The Bertz CT molecular complexity index is 477. The van der Waals surface area contributed by atoms with E-state index in [1.807, 2.05) is 26.0 Å². The van der Waals surface area contributed by atoms with E-state index in [-0.39, 0.29) is 18.4 Å². The molecule has 3 N–H and O–H groups in total. The third-order valence-electron chi connectivity index (χ3n) is 3.24. The van der Waals surface area contributed by atoms with Crippen LogP contribution in [0.2, 0.25) is 0 Å². The van der Waals surface area contributed by atoms with Crippen molar-refractivity contribution in [2.75, 3.05) is 6.54 Å². The fourth-order valence-electron chi connectivity index (χ4n) is 1.92. The number of carbonyl (C=O) groups excluding carboxylic acids is 1. The van der Waals surface area contributed by atoms with Crippen molar-refractivity contribution in [1.82, 2.24) is 15.6 Å². The summed E-state index contributed by atoms with van der Waals surface area (Å²) >= 11 is 0. The summed E-state index contributed by atoms with van der Waals surface area (Å²) in [6.07, 6.45) is 3.26. The van der Waals surface area contributed by atoms with Gasteiger partial charge in [-0.1, -0.05) is 19.9 Å². The topological polar surface area (TPSA) is 91.3 Å². The number of hydrogen-bond donors (Lipinski definition) is 3. The van der Waals surface area contributed by atoms with Crippen molar-refractivity contribution in [2.45, 2.75) is 39.7 Å². The maximum absolute atomic E-state index is 11.7. The number of rotatable bonds is 8. The zero-order chi connectivity index (χ0) is 15.7. The van der Waals surface area contributed by atoms with Gasteiger partial charge in [-0.15, -0.1) is 0 Å². The van der Waals surface area contributed by atoms with Crippen LogP contribution in [-0.4, -0.2) is 28.6 Å². The fraction of sp³-hybridized carbons (Fsp3) is 0.533. The van der Waals surface area contributed by atoms with Crippen molar-refractivity contribution >= 4 is 12.0 Å². The van der Waals surface area contributed by atoms with Crippen molar-refractivity contribution in [3.05, 3.63) is 29.6 Å². The average Bonchev–Trinajstić information content (AvgIpc) is 2.49. The predicted octanol–water partition coefficient (Wildman–Crippen LogP) is 1.94. The van der Waals surface area contributed by atoms with E-state index < -0.39 is 5.97 Å². The van der Waals surface area contributed by atoms with Gasteiger partial charge in [-0.3, -0.25) is 9.78 Å². The second-order valence-electron chi connectivity index (χ2n) is 5.06. The van der Waals surface area contributed by atoms with Gasteiger partial charge in [0.1, 0.15) is 0 Å². The number of nitrogens with one attached hydrogen (secondary N) is 2. The molecule has 1 rings (SSSR count). The van der Waals surface area contributed by atoms with E-state index in [9.17, 15) is 9.59 Å². The third-order valence-corrected chi connectivity index (χ3v) is 3.24. The first-order chi connectivity index (χ1) is 10.0. The van der Waals surface area contributed by atoms with E-state index in [0.29, 0.717) is 19.5 Å². The number of urea groups is 1. The van der Waals surface area contributed by atoms with Crippen LogP contribution in [0.25, 0.3) is 0 Å². The van der Waals surface area contributed by atoms with Gasteiger partial charge >= 0.3 is 12.0 Å². The van der Waals surface area contributed by atoms with E-state index in [0.717, 1.165) is 17.7 Å². The first-order valence-electron chi connectivity index (χ1n) is 7.19. The number of pyridine rings is 1. The zero-order valence-corrected chi connectivity index (χ0v) is 12.6. The molecule has 0 spiro atoms. The molecule has 0 aliphatic rings. The van der Waals surface area contributed by atoms with E-state index in [2.05, 4.69) is 15.6 Å². The Morgan fingerprint density at radius 1 is 1.38 bits per heavy atom. The zero-order valence-electron chi connectivity index (χ0n) is 12.6. The number of carbonyl (C=O) groups is 2. The smallest absolute Gasteiger partial charge is 0.315 e. The highest BCUT2D eigenvalue weighted by Crippen LogP contribution is 2.06. The fourth-order valence-corrected chi connectivity index (χ4v) is 1.92. The number of carboxylic acids is 1. The van der Waals surface area contributed by atoms with Crippen LogP contribution in [0, 0.1) is 5.92 Å². The van der Waals surface area contributed by atoms with Gasteiger partial charge in [0.25, 0.3) is 0 Å². The highest BCUT2D eigenvalue weighted by molar-refractivity contribution is 5.73. The summed E-state index contributed by atoms with van der Waals surface area (Å²) in [7, 11) is 0. The minimum absolute atomic E-state index is 0.123. The molecule has 0 fully saturated rings. The van der Waals surface area contributed by atoms with Crippen LogP contribution in [0.15, 0.2) is 18.3 Å². The van der Waals surface area contributed by atoms with Gasteiger partial charge in [0, 0.05) is 19.2 Å². The minimum atomic E-state index is -0.812. The number of aliphatic carboxylic acids is 1. The molecule has 6 heteroatoms. The molecule has 1 heterocycles. The molecule has 1 aromatic rings. The van der Waals surface area contributed by atoms with Crippen LogP contribution in [0.1, 0.15) is 37.9 Å². The van der Waals surface area contributed by atoms with E-state index in [1.165, 1.54) is 0 Å². The molecule has 0 saturated carbocycles. The van der Waals surface area contributed by atoms with Gasteiger partial charge in [0.05, 0.1) is 12.2 Å². The Hall–Kier alpha value is -2.11. The lowest BCUT2D eigenvalue weighted by atomic mass is 10.1. The second-order valence-corrected chi connectivity index (χ2v) is 5.06. The Balaban J connectivity index is 2.29. The number of aromatic nitrogens is 1. The molecule has 1 aromatic heterocycles. The van der Waals surface area contributed by atoms with Gasteiger partial charge in [-0.2, -0.15) is 0 Å². The van der Waals surface area contributed by atoms with Crippen molar-refractivity contribution < 1.29 is 14.7 Å². The van der Waals surface area contributed by atoms with Crippen molar-refractivity contribution in [1.29, 1.82) is 0 Å². The molecular formula is C15H23N3O3. The quantitative estimate of drug-likeness (QED) is 0.683. The second kappa shape index (κ2) is 8.94. The SMILES string of the molecule is CCc1cccnc1CNC(=O)NCC(C)CCC(=O)O. The summed E-state index contributed by atoms with van der Waals surface area (Å²) in [5.41, 5.74) is 1.99. The van der Waals surface area contributed by atoms with Crippen LogP contribution in [0.4, 0.5) is 4.79 Å². The van der Waals surface area contributed by atoms with Crippen molar-refractivity contribution in [2.24, 2.45) is 5.92 Å². The third kappa shape index (κ3) is 6.74.